The number of methoxy groups -OCH3 is 1. The maximum atomic E-state index is 13.1. The van der Waals surface area contributed by atoms with E-state index in [1.165, 1.54) is 0 Å². The van der Waals surface area contributed by atoms with Crippen LogP contribution in [0.4, 0.5) is 13.2 Å². The van der Waals surface area contributed by atoms with Crippen LogP contribution in [0.25, 0.3) is 0 Å². The average molecular weight is 576 g/mol. The average Bonchev–Trinajstić information content (AvgIpc) is 3.46. The van der Waals surface area contributed by atoms with Gasteiger partial charge in [-0.05, 0) is 29.8 Å². The first-order chi connectivity index (χ1) is 19.5. The zero-order chi connectivity index (χ0) is 29.6. The molecule has 2 aromatic heterocycles. The fourth-order valence-electron chi connectivity index (χ4n) is 4.68. The molecule has 0 radical (unpaired) electrons. The molecule has 0 aliphatic carbocycles. The van der Waals surface area contributed by atoms with Crippen molar-refractivity contribution >= 4 is 17.8 Å². The third-order valence-corrected chi connectivity index (χ3v) is 6.73. The molecule has 1 fully saturated rings. The van der Waals surface area contributed by atoms with Crippen molar-refractivity contribution in [3.8, 4) is 5.75 Å². The normalized spacial score (nSPS) is 17.6. The molecule has 2 amide bonds. The Morgan fingerprint density at radius 2 is 1.85 bits per heavy atom. The van der Waals surface area contributed by atoms with Crippen LogP contribution in [-0.2, 0) is 33.0 Å². The monoisotopic (exact) mass is 575 g/mol. The Morgan fingerprint density at radius 1 is 1.12 bits per heavy atom. The zero-order valence-corrected chi connectivity index (χ0v) is 22.0. The van der Waals surface area contributed by atoms with E-state index in [-0.39, 0.29) is 11.8 Å². The van der Waals surface area contributed by atoms with Crippen molar-refractivity contribution in [1.82, 2.24) is 24.8 Å². The smallest absolute Gasteiger partial charge is 0.490 e. The van der Waals surface area contributed by atoms with Crippen molar-refractivity contribution in [3.05, 3.63) is 78.1 Å². The maximum absolute atomic E-state index is 13.1. The Bertz CT molecular complexity index is 1370. The lowest BCUT2D eigenvalue weighted by Crippen LogP contribution is -2.54. The van der Waals surface area contributed by atoms with Crippen LogP contribution < -0.4 is 10.1 Å². The molecule has 2 N–H and O–H groups in total. The predicted octanol–water partition coefficient (Wildman–Crippen LogP) is 2.77. The molecule has 0 saturated carbocycles. The van der Waals surface area contributed by atoms with Gasteiger partial charge in [0.15, 0.2) is 6.10 Å². The Hall–Kier alpha value is -4.46. The molecule has 5 rings (SSSR count). The summed E-state index contributed by atoms with van der Waals surface area (Å²) >= 11 is 0. The van der Waals surface area contributed by atoms with Crippen LogP contribution in [0.5, 0.6) is 5.75 Å². The van der Waals surface area contributed by atoms with Gasteiger partial charge in [0.05, 0.1) is 13.7 Å². The first kappa shape index (κ1) is 29.5. The van der Waals surface area contributed by atoms with Gasteiger partial charge in [0.1, 0.15) is 22.9 Å². The van der Waals surface area contributed by atoms with Crippen molar-refractivity contribution in [3.63, 3.8) is 0 Å². The number of aliphatic carboxylic acids is 1. The van der Waals surface area contributed by atoms with Crippen LogP contribution in [0.3, 0.4) is 0 Å². The second-order valence-corrected chi connectivity index (χ2v) is 9.38. The second-order valence-electron chi connectivity index (χ2n) is 9.38. The molecule has 218 valence electrons. The first-order valence-electron chi connectivity index (χ1n) is 12.6. The number of nitrogens with one attached hydrogen (secondary N) is 1. The van der Waals surface area contributed by atoms with E-state index in [0.717, 1.165) is 17.1 Å². The second kappa shape index (κ2) is 12.4. The molecule has 2 aliphatic rings. The minimum atomic E-state index is -5.08. The van der Waals surface area contributed by atoms with E-state index in [0.29, 0.717) is 44.7 Å². The molecule has 1 aromatic carbocycles. The number of carbonyl (C=O) groups is 3. The van der Waals surface area contributed by atoms with E-state index < -0.39 is 23.9 Å². The van der Waals surface area contributed by atoms with E-state index in [1.54, 1.807) is 36.5 Å². The number of fused-ring (bicyclic) bond motifs is 2. The number of benzene rings is 1. The number of rotatable bonds is 5. The number of aromatic nitrogens is 3. The van der Waals surface area contributed by atoms with Gasteiger partial charge < -0.3 is 29.4 Å². The third kappa shape index (κ3) is 7.01. The Labute approximate surface area is 232 Å². The molecule has 3 aromatic rings. The number of likely N-dealkylation sites (tertiary alicyclic amines) is 1. The van der Waals surface area contributed by atoms with Gasteiger partial charge in [0, 0.05) is 51.1 Å². The summed E-state index contributed by atoms with van der Waals surface area (Å²) in [4.78, 5) is 45.3. The van der Waals surface area contributed by atoms with Crippen LogP contribution >= 0.6 is 0 Å². The number of carboxylic acid groups (broad SMARTS) is 1. The lowest BCUT2D eigenvalue weighted by atomic mass is 9.88. The van der Waals surface area contributed by atoms with Crippen molar-refractivity contribution in [1.29, 1.82) is 0 Å². The molecule has 1 atom stereocenters. The number of halogens is 3. The molecule has 0 bridgehead atoms. The summed E-state index contributed by atoms with van der Waals surface area (Å²) in [7, 11) is 1.62. The van der Waals surface area contributed by atoms with E-state index in [9.17, 15) is 22.8 Å². The molecule has 11 nitrogen and oxygen atoms in total. The van der Waals surface area contributed by atoms with E-state index in [4.69, 9.17) is 19.4 Å². The largest absolute Gasteiger partial charge is 0.497 e. The summed E-state index contributed by atoms with van der Waals surface area (Å²) in [5.74, 6) is -1.47. The molecule has 1 spiro atoms. The Morgan fingerprint density at radius 3 is 2.49 bits per heavy atom. The Balaban J connectivity index is 0.000000493. The van der Waals surface area contributed by atoms with Gasteiger partial charge in [-0.25, -0.2) is 9.78 Å². The maximum Gasteiger partial charge on any atom is 0.490 e. The number of carboxylic acids is 1. The minimum absolute atomic E-state index is 0.0952. The topological polar surface area (TPSA) is 136 Å². The summed E-state index contributed by atoms with van der Waals surface area (Å²) in [6, 6.07) is 12.9. The number of imidazole rings is 1. The highest BCUT2D eigenvalue weighted by molar-refractivity contribution is 5.92. The molecule has 41 heavy (non-hydrogen) atoms. The van der Waals surface area contributed by atoms with Crippen molar-refractivity contribution < 1.29 is 42.1 Å². The van der Waals surface area contributed by atoms with Crippen molar-refractivity contribution in [2.45, 2.75) is 43.8 Å². The summed E-state index contributed by atoms with van der Waals surface area (Å²) in [6.07, 6.45) is 0.625. The molecule has 1 unspecified atom stereocenters. The summed E-state index contributed by atoms with van der Waals surface area (Å²) in [5.41, 5.74) is 0.669. The number of nitrogens with zero attached hydrogens (tertiary/aromatic N) is 4. The SMILES string of the molecule is COc1cccc(CNC(=O)C2Cn3ccnc3C3(CCN(C(=O)c4ccccn4)CC3)O2)c1.O=C(O)C(F)(F)F. The lowest BCUT2D eigenvalue weighted by Gasteiger charge is -2.45. The standard InChI is InChI=1S/C25H27N5O4.C2HF3O2/c1-33-19-6-4-5-18(15-19)16-28-22(31)21-17-30-14-11-27-24(30)25(34-21)8-12-29(13-9-25)23(32)20-7-2-3-10-26-20;3-2(4,5)1(6)7/h2-7,10-11,14-15,21H,8-9,12-13,16-17H2,1H3,(H,28,31);(H,6,7). The number of hydrogen-bond acceptors (Lipinski definition) is 7. The number of alkyl halides is 3. The number of hydrogen-bond donors (Lipinski definition) is 2. The zero-order valence-electron chi connectivity index (χ0n) is 22.0. The van der Waals surface area contributed by atoms with Gasteiger partial charge in [0.2, 0.25) is 0 Å². The van der Waals surface area contributed by atoms with E-state index in [2.05, 4.69) is 15.3 Å². The van der Waals surface area contributed by atoms with Crippen LogP contribution in [0.1, 0.15) is 34.7 Å². The van der Waals surface area contributed by atoms with Gasteiger partial charge >= 0.3 is 12.1 Å². The quantitative estimate of drug-likeness (QED) is 0.474. The summed E-state index contributed by atoms with van der Waals surface area (Å²) in [6.45, 7) is 1.78. The summed E-state index contributed by atoms with van der Waals surface area (Å²) in [5, 5.41) is 10.1. The predicted molar refractivity (Wildman–Crippen MR) is 137 cm³/mol. The van der Waals surface area contributed by atoms with Crippen molar-refractivity contribution in [2.24, 2.45) is 0 Å². The number of ether oxygens (including phenoxy) is 2. The van der Waals surface area contributed by atoms with Crippen LogP contribution in [-0.4, -0.2) is 74.8 Å². The Kier molecular flexibility index (Phi) is 8.91. The molecule has 14 heteroatoms. The third-order valence-electron chi connectivity index (χ3n) is 6.73. The van der Waals surface area contributed by atoms with Gasteiger partial charge in [-0.15, -0.1) is 0 Å². The fourth-order valence-corrected chi connectivity index (χ4v) is 4.68. The van der Waals surface area contributed by atoms with E-state index >= 15 is 0 Å². The highest BCUT2D eigenvalue weighted by atomic mass is 19.4. The number of pyridine rings is 1. The fraction of sp³-hybridized carbons (Fsp3) is 0.370. The van der Waals surface area contributed by atoms with E-state index in [1.807, 2.05) is 41.1 Å². The van der Waals surface area contributed by atoms with Crippen LogP contribution in [0.15, 0.2) is 61.1 Å². The first-order valence-corrected chi connectivity index (χ1v) is 12.6. The van der Waals surface area contributed by atoms with Crippen LogP contribution in [0, 0.1) is 0 Å². The molecule has 4 heterocycles. The number of piperidine rings is 1. The molecule has 2 aliphatic heterocycles. The highest BCUT2D eigenvalue weighted by Crippen LogP contribution is 2.40. The number of carbonyl (C=O) groups excluding carboxylic acids is 2. The van der Waals surface area contributed by atoms with Gasteiger partial charge in [0.25, 0.3) is 11.8 Å². The molecule has 1 saturated heterocycles. The van der Waals surface area contributed by atoms with Gasteiger partial charge in [-0.1, -0.05) is 18.2 Å². The minimum Gasteiger partial charge on any atom is -0.497 e. The van der Waals surface area contributed by atoms with Crippen LogP contribution in [0.2, 0.25) is 0 Å². The lowest BCUT2D eigenvalue weighted by molar-refractivity contribution is -0.192. The number of amides is 2. The summed E-state index contributed by atoms with van der Waals surface area (Å²) < 4.78 is 45.4. The van der Waals surface area contributed by atoms with Gasteiger partial charge in [-0.3, -0.25) is 14.6 Å². The molecular formula is C27H28F3N5O6. The van der Waals surface area contributed by atoms with Gasteiger partial charge in [-0.2, -0.15) is 13.2 Å². The van der Waals surface area contributed by atoms with Crippen molar-refractivity contribution in [2.75, 3.05) is 20.2 Å². The molecular weight excluding hydrogens is 547 g/mol. The highest BCUT2D eigenvalue weighted by Gasteiger charge is 2.47.